The Hall–Kier alpha value is 0.210. The van der Waals surface area contributed by atoms with Crippen molar-refractivity contribution in [3.05, 3.63) is 0 Å². The summed E-state index contributed by atoms with van der Waals surface area (Å²) in [5, 5.41) is 9.02. The molecule has 12 heavy (non-hydrogen) atoms. The fourth-order valence-electron chi connectivity index (χ4n) is 1.31. The summed E-state index contributed by atoms with van der Waals surface area (Å²) in [6, 6.07) is 0.145. The first kappa shape index (κ1) is 12.2. The number of halogens is 1. The highest BCUT2D eigenvalue weighted by Crippen LogP contribution is 2.03. The molecular formula is C9H20ClNO. The first-order valence-electron chi connectivity index (χ1n) is 4.70. The van der Waals surface area contributed by atoms with E-state index in [1.54, 1.807) is 0 Å². The molecule has 1 atom stereocenters. The summed E-state index contributed by atoms with van der Waals surface area (Å²) < 4.78 is 0. The molecule has 2 nitrogen and oxygen atoms in total. The molecule has 0 aliphatic heterocycles. The Labute approximate surface area is 80.5 Å². The van der Waals surface area contributed by atoms with Gasteiger partial charge in [-0.25, -0.2) is 0 Å². The largest absolute Gasteiger partial charge is 0.395 e. The van der Waals surface area contributed by atoms with Crippen LogP contribution in [0.25, 0.3) is 0 Å². The van der Waals surface area contributed by atoms with Gasteiger partial charge in [0.15, 0.2) is 0 Å². The minimum atomic E-state index is 0.145. The molecule has 0 fully saturated rings. The van der Waals surface area contributed by atoms with Gasteiger partial charge in [-0.3, -0.25) is 4.90 Å². The average Bonchev–Trinajstić information content (AvgIpc) is 2.07. The zero-order chi connectivity index (χ0) is 9.40. The van der Waals surface area contributed by atoms with Crippen LogP contribution in [0.2, 0.25) is 0 Å². The Balaban J connectivity index is 3.86. The Bertz CT molecular complexity index is 90.5. The maximum atomic E-state index is 9.02. The molecule has 0 amide bonds. The smallest absolute Gasteiger partial charge is 0.0598 e. The summed E-state index contributed by atoms with van der Waals surface area (Å²) in [6.07, 6.45) is 2.24. The molecular weight excluding hydrogens is 174 g/mol. The molecule has 0 saturated carbocycles. The third-order valence-corrected chi connectivity index (χ3v) is 2.28. The van der Waals surface area contributed by atoms with Gasteiger partial charge in [-0.15, -0.1) is 11.6 Å². The van der Waals surface area contributed by atoms with E-state index in [-0.39, 0.29) is 12.6 Å². The van der Waals surface area contributed by atoms with Gasteiger partial charge in [0, 0.05) is 11.9 Å². The molecule has 0 aromatic heterocycles. The predicted octanol–water partition coefficient (Wildman–Crippen LogP) is 1.71. The van der Waals surface area contributed by atoms with Crippen molar-refractivity contribution in [3.63, 3.8) is 0 Å². The van der Waals surface area contributed by atoms with Crippen molar-refractivity contribution in [2.45, 2.75) is 32.7 Å². The minimum absolute atomic E-state index is 0.145. The van der Waals surface area contributed by atoms with Gasteiger partial charge in [0.05, 0.1) is 6.61 Å². The van der Waals surface area contributed by atoms with E-state index in [1.807, 2.05) is 0 Å². The molecule has 1 N–H and O–H groups in total. The van der Waals surface area contributed by atoms with Gasteiger partial charge in [-0.1, -0.05) is 13.8 Å². The summed E-state index contributed by atoms with van der Waals surface area (Å²) in [4.78, 5) is 2.26. The monoisotopic (exact) mass is 193 g/mol. The standard InChI is InChI=1S/C9H20ClNO/c1-3-5-11(6-4-2)9(7-10)8-12/h9,12H,3-8H2,1-2H3. The lowest BCUT2D eigenvalue weighted by atomic mass is 10.2. The third-order valence-electron chi connectivity index (χ3n) is 1.93. The molecule has 3 heteroatoms. The van der Waals surface area contributed by atoms with E-state index >= 15 is 0 Å². The lowest BCUT2D eigenvalue weighted by molar-refractivity contribution is 0.136. The van der Waals surface area contributed by atoms with Gasteiger partial charge in [0.2, 0.25) is 0 Å². The van der Waals surface area contributed by atoms with Crippen molar-refractivity contribution < 1.29 is 5.11 Å². The van der Waals surface area contributed by atoms with Crippen LogP contribution in [0.15, 0.2) is 0 Å². The summed E-state index contributed by atoms with van der Waals surface area (Å²) in [7, 11) is 0. The van der Waals surface area contributed by atoms with Gasteiger partial charge in [0.1, 0.15) is 0 Å². The molecule has 0 bridgehead atoms. The van der Waals surface area contributed by atoms with E-state index in [1.165, 1.54) is 0 Å². The zero-order valence-electron chi connectivity index (χ0n) is 8.09. The van der Waals surface area contributed by atoms with Crippen LogP contribution < -0.4 is 0 Å². The first-order chi connectivity index (χ1) is 5.79. The number of rotatable bonds is 7. The van der Waals surface area contributed by atoms with Gasteiger partial charge in [-0.2, -0.15) is 0 Å². The number of hydrogen-bond donors (Lipinski definition) is 1. The van der Waals surface area contributed by atoms with Crippen LogP contribution in [-0.4, -0.2) is 41.6 Å². The molecule has 1 unspecified atom stereocenters. The number of alkyl halides is 1. The van der Waals surface area contributed by atoms with Gasteiger partial charge >= 0.3 is 0 Å². The van der Waals surface area contributed by atoms with Crippen LogP contribution in [0.4, 0.5) is 0 Å². The molecule has 0 rings (SSSR count). The average molecular weight is 194 g/mol. The molecule has 0 aromatic rings. The summed E-state index contributed by atoms with van der Waals surface area (Å²) in [5.41, 5.74) is 0. The number of aliphatic hydroxyl groups excluding tert-OH is 1. The molecule has 74 valence electrons. The van der Waals surface area contributed by atoms with Crippen molar-refractivity contribution in [1.82, 2.24) is 4.90 Å². The molecule has 0 radical (unpaired) electrons. The highest BCUT2D eigenvalue weighted by Gasteiger charge is 2.14. The second kappa shape index (κ2) is 7.84. The highest BCUT2D eigenvalue weighted by molar-refractivity contribution is 6.18. The Morgan fingerprint density at radius 3 is 2.00 bits per heavy atom. The normalized spacial score (nSPS) is 13.8. The van der Waals surface area contributed by atoms with E-state index in [2.05, 4.69) is 18.7 Å². The van der Waals surface area contributed by atoms with Crippen LogP contribution in [0.5, 0.6) is 0 Å². The lowest BCUT2D eigenvalue weighted by Crippen LogP contribution is -2.40. The second-order valence-electron chi connectivity index (χ2n) is 3.03. The zero-order valence-corrected chi connectivity index (χ0v) is 8.85. The molecule has 0 aliphatic rings. The van der Waals surface area contributed by atoms with E-state index in [0.29, 0.717) is 5.88 Å². The van der Waals surface area contributed by atoms with Crippen LogP contribution in [-0.2, 0) is 0 Å². The van der Waals surface area contributed by atoms with E-state index in [4.69, 9.17) is 16.7 Å². The van der Waals surface area contributed by atoms with Gasteiger partial charge < -0.3 is 5.11 Å². The SMILES string of the molecule is CCCN(CCC)C(CO)CCl. The minimum Gasteiger partial charge on any atom is -0.395 e. The Kier molecular flexibility index (Phi) is 7.98. The fraction of sp³-hybridized carbons (Fsp3) is 1.00. The van der Waals surface area contributed by atoms with Crippen molar-refractivity contribution in [3.8, 4) is 0 Å². The van der Waals surface area contributed by atoms with Gasteiger partial charge in [0.25, 0.3) is 0 Å². The topological polar surface area (TPSA) is 23.5 Å². The maximum absolute atomic E-state index is 9.02. The van der Waals surface area contributed by atoms with E-state index in [0.717, 1.165) is 25.9 Å². The quantitative estimate of drug-likeness (QED) is 0.623. The van der Waals surface area contributed by atoms with Crippen molar-refractivity contribution in [1.29, 1.82) is 0 Å². The van der Waals surface area contributed by atoms with Crippen molar-refractivity contribution >= 4 is 11.6 Å². The van der Waals surface area contributed by atoms with Crippen molar-refractivity contribution in [2.24, 2.45) is 0 Å². The Morgan fingerprint density at radius 1 is 1.25 bits per heavy atom. The van der Waals surface area contributed by atoms with Crippen LogP contribution in [0.3, 0.4) is 0 Å². The molecule has 0 aliphatic carbocycles. The molecule has 0 aromatic carbocycles. The van der Waals surface area contributed by atoms with Crippen LogP contribution in [0, 0.1) is 0 Å². The molecule has 0 heterocycles. The van der Waals surface area contributed by atoms with Crippen molar-refractivity contribution in [2.75, 3.05) is 25.6 Å². The summed E-state index contributed by atoms with van der Waals surface area (Å²) in [6.45, 7) is 6.53. The number of hydrogen-bond acceptors (Lipinski definition) is 2. The van der Waals surface area contributed by atoms with E-state index < -0.39 is 0 Å². The highest BCUT2D eigenvalue weighted by atomic mass is 35.5. The third kappa shape index (κ3) is 4.29. The molecule has 0 saturated heterocycles. The fourth-order valence-corrected chi connectivity index (χ4v) is 1.61. The predicted molar refractivity (Wildman–Crippen MR) is 53.7 cm³/mol. The second-order valence-corrected chi connectivity index (χ2v) is 3.34. The van der Waals surface area contributed by atoms with E-state index in [9.17, 15) is 0 Å². The number of aliphatic hydroxyl groups is 1. The Morgan fingerprint density at radius 2 is 1.75 bits per heavy atom. The van der Waals surface area contributed by atoms with Crippen LogP contribution >= 0.6 is 11.6 Å². The maximum Gasteiger partial charge on any atom is 0.0598 e. The lowest BCUT2D eigenvalue weighted by Gasteiger charge is -2.28. The molecule has 0 spiro atoms. The number of nitrogens with zero attached hydrogens (tertiary/aromatic N) is 1. The summed E-state index contributed by atoms with van der Waals surface area (Å²) in [5.74, 6) is 0.524. The van der Waals surface area contributed by atoms with Crippen LogP contribution in [0.1, 0.15) is 26.7 Å². The summed E-state index contributed by atoms with van der Waals surface area (Å²) >= 11 is 5.73. The first-order valence-corrected chi connectivity index (χ1v) is 5.24. The van der Waals surface area contributed by atoms with Gasteiger partial charge in [-0.05, 0) is 25.9 Å².